The molecule has 3 atom stereocenters. The molecule has 2 fully saturated rings. The largest absolute Gasteiger partial charge is 0.316 e. The fourth-order valence-corrected chi connectivity index (χ4v) is 4.58. The van der Waals surface area contributed by atoms with Gasteiger partial charge < -0.3 is 5.32 Å². The van der Waals surface area contributed by atoms with E-state index in [0.29, 0.717) is 0 Å². The molecule has 0 radical (unpaired) electrons. The summed E-state index contributed by atoms with van der Waals surface area (Å²) in [6.07, 6.45) is 13.5. The molecule has 0 amide bonds. The Bertz CT molecular complexity index is 254. The fourth-order valence-electron chi connectivity index (χ4n) is 4.58. The summed E-state index contributed by atoms with van der Waals surface area (Å²) in [4.78, 5) is 0. The van der Waals surface area contributed by atoms with Crippen molar-refractivity contribution >= 4 is 0 Å². The summed E-state index contributed by atoms with van der Waals surface area (Å²) in [5.74, 6) is 4.88. The highest BCUT2D eigenvalue weighted by Crippen LogP contribution is 2.41. The average Bonchev–Trinajstić information content (AvgIpc) is 2.93. The predicted octanol–water partition coefficient (Wildman–Crippen LogP) is 5.25. The topological polar surface area (TPSA) is 12.0 Å². The quantitative estimate of drug-likeness (QED) is 0.670. The normalized spacial score (nSPS) is 32.1. The molecule has 1 nitrogen and oxygen atoms in total. The molecular weight excluding hydrogens is 242 g/mol. The fraction of sp³-hybridized carbons (Fsp3) is 1.00. The average molecular weight is 280 g/mol. The van der Waals surface area contributed by atoms with Gasteiger partial charge in [-0.3, -0.25) is 0 Å². The molecule has 0 aromatic rings. The lowest BCUT2D eigenvalue weighted by Gasteiger charge is -2.37. The molecule has 0 aromatic carbocycles. The zero-order chi connectivity index (χ0) is 14.4. The molecule has 20 heavy (non-hydrogen) atoms. The van der Waals surface area contributed by atoms with Gasteiger partial charge in [-0.15, -0.1) is 0 Å². The second-order valence-electron chi connectivity index (χ2n) is 8.05. The molecular formula is C19H37N. The predicted molar refractivity (Wildman–Crippen MR) is 88.9 cm³/mol. The Hall–Kier alpha value is -0.0400. The van der Waals surface area contributed by atoms with Crippen LogP contribution in [0.5, 0.6) is 0 Å². The summed E-state index contributed by atoms with van der Waals surface area (Å²) in [7, 11) is 0. The molecule has 0 aliphatic heterocycles. The molecule has 3 unspecified atom stereocenters. The maximum atomic E-state index is 3.74. The van der Waals surface area contributed by atoms with E-state index in [1.165, 1.54) is 64.5 Å². The van der Waals surface area contributed by atoms with Crippen LogP contribution in [0.2, 0.25) is 0 Å². The summed E-state index contributed by atoms with van der Waals surface area (Å²) in [6, 6.07) is 0. The summed E-state index contributed by atoms with van der Waals surface area (Å²) in [6.45, 7) is 9.51. The van der Waals surface area contributed by atoms with E-state index in [4.69, 9.17) is 0 Å². The van der Waals surface area contributed by atoms with Crippen LogP contribution in [0, 0.1) is 29.6 Å². The van der Waals surface area contributed by atoms with Crippen molar-refractivity contribution < 1.29 is 0 Å². The maximum absolute atomic E-state index is 3.74. The van der Waals surface area contributed by atoms with E-state index < -0.39 is 0 Å². The van der Waals surface area contributed by atoms with Gasteiger partial charge in [-0.25, -0.2) is 0 Å². The van der Waals surface area contributed by atoms with Crippen molar-refractivity contribution in [2.75, 3.05) is 13.1 Å². The molecule has 0 heterocycles. The Morgan fingerprint density at radius 2 is 1.70 bits per heavy atom. The molecule has 2 aliphatic carbocycles. The summed E-state index contributed by atoms with van der Waals surface area (Å²) in [5.41, 5.74) is 0. The molecule has 0 spiro atoms. The van der Waals surface area contributed by atoms with Gasteiger partial charge in [0.15, 0.2) is 0 Å². The van der Waals surface area contributed by atoms with Gasteiger partial charge in [0.2, 0.25) is 0 Å². The number of nitrogens with one attached hydrogen (secondary N) is 1. The minimum absolute atomic E-state index is 0.787. The molecule has 0 bridgehead atoms. The van der Waals surface area contributed by atoms with Crippen LogP contribution in [0.3, 0.4) is 0 Å². The maximum Gasteiger partial charge on any atom is -0.00178 e. The molecule has 1 heteroatoms. The highest BCUT2D eigenvalue weighted by molar-refractivity contribution is 4.84. The van der Waals surface area contributed by atoms with Gasteiger partial charge in [-0.1, -0.05) is 59.3 Å². The van der Waals surface area contributed by atoms with E-state index >= 15 is 0 Å². The van der Waals surface area contributed by atoms with E-state index in [0.717, 1.165) is 29.6 Å². The molecule has 0 saturated heterocycles. The Balaban J connectivity index is 1.82. The van der Waals surface area contributed by atoms with Crippen molar-refractivity contribution in [3.63, 3.8) is 0 Å². The minimum atomic E-state index is 0.787. The summed E-state index contributed by atoms with van der Waals surface area (Å²) in [5, 5.41) is 3.74. The SMILES string of the molecule is CCC1CCC(CNCC(C)C)C(CC2CCCC2)C1. The Kier molecular flexibility index (Phi) is 6.87. The first-order valence-corrected chi connectivity index (χ1v) is 9.39. The van der Waals surface area contributed by atoms with Crippen molar-refractivity contribution in [1.29, 1.82) is 0 Å². The Labute approximate surface area is 127 Å². The third kappa shape index (κ3) is 5.06. The zero-order valence-electron chi connectivity index (χ0n) is 14.2. The second-order valence-corrected chi connectivity index (χ2v) is 8.05. The second kappa shape index (κ2) is 8.41. The molecule has 1 N–H and O–H groups in total. The smallest absolute Gasteiger partial charge is 0.00178 e. The molecule has 2 rings (SSSR count). The lowest BCUT2D eigenvalue weighted by atomic mass is 9.70. The Morgan fingerprint density at radius 1 is 0.950 bits per heavy atom. The van der Waals surface area contributed by atoms with E-state index in [9.17, 15) is 0 Å². The highest BCUT2D eigenvalue weighted by Gasteiger charge is 2.31. The summed E-state index contributed by atoms with van der Waals surface area (Å²) >= 11 is 0. The standard InChI is InChI=1S/C19H37N/c1-4-16-9-10-18(14-20-13-15(2)3)19(11-16)12-17-7-5-6-8-17/h15-20H,4-14H2,1-3H3. The van der Waals surface area contributed by atoms with Gasteiger partial charge in [-0.2, -0.15) is 0 Å². The van der Waals surface area contributed by atoms with Crippen LogP contribution in [0.4, 0.5) is 0 Å². The van der Waals surface area contributed by atoms with Crippen molar-refractivity contribution in [3.8, 4) is 0 Å². The minimum Gasteiger partial charge on any atom is -0.316 e. The number of hydrogen-bond donors (Lipinski definition) is 1. The van der Waals surface area contributed by atoms with Crippen molar-refractivity contribution in [3.05, 3.63) is 0 Å². The van der Waals surface area contributed by atoms with Gasteiger partial charge in [0.25, 0.3) is 0 Å². The van der Waals surface area contributed by atoms with E-state index in [-0.39, 0.29) is 0 Å². The number of rotatable bonds is 7. The van der Waals surface area contributed by atoms with Crippen molar-refractivity contribution in [1.82, 2.24) is 5.32 Å². The van der Waals surface area contributed by atoms with Gasteiger partial charge in [0.05, 0.1) is 0 Å². The van der Waals surface area contributed by atoms with Gasteiger partial charge in [0, 0.05) is 0 Å². The van der Waals surface area contributed by atoms with Crippen LogP contribution < -0.4 is 5.32 Å². The lowest BCUT2D eigenvalue weighted by molar-refractivity contribution is 0.144. The summed E-state index contributed by atoms with van der Waals surface area (Å²) < 4.78 is 0. The van der Waals surface area contributed by atoms with E-state index in [1.807, 2.05) is 0 Å². The zero-order valence-corrected chi connectivity index (χ0v) is 14.2. The molecule has 0 aromatic heterocycles. The first-order valence-electron chi connectivity index (χ1n) is 9.39. The van der Waals surface area contributed by atoms with Crippen LogP contribution >= 0.6 is 0 Å². The van der Waals surface area contributed by atoms with Crippen molar-refractivity contribution in [2.24, 2.45) is 29.6 Å². The molecule has 2 aliphatic rings. The Morgan fingerprint density at radius 3 is 2.35 bits per heavy atom. The third-order valence-corrected chi connectivity index (χ3v) is 5.90. The van der Waals surface area contributed by atoms with Crippen LogP contribution in [-0.2, 0) is 0 Å². The highest BCUT2D eigenvalue weighted by atomic mass is 14.9. The molecule has 118 valence electrons. The van der Waals surface area contributed by atoms with Crippen LogP contribution in [-0.4, -0.2) is 13.1 Å². The van der Waals surface area contributed by atoms with E-state index in [1.54, 1.807) is 6.42 Å². The lowest BCUT2D eigenvalue weighted by Crippen LogP contribution is -2.35. The molecule has 2 saturated carbocycles. The van der Waals surface area contributed by atoms with Crippen LogP contribution in [0.15, 0.2) is 0 Å². The van der Waals surface area contributed by atoms with Gasteiger partial charge in [-0.05, 0) is 61.9 Å². The van der Waals surface area contributed by atoms with Gasteiger partial charge in [0.1, 0.15) is 0 Å². The monoisotopic (exact) mass is 279 g/mol. The first kappa shape index (κ1) is 16.3. The van der Waals surface area contributed by atoms with Gasteiger partial charge >= 0.3 is 0 Å². The third-order valence-electron chi connectivity index (χ3n) is 5.90. The first-order chi connectivity index (χ1) is 9.69. The number of hydrogen-bond acceptors (Lipinski definition) is 1. The van der Waals surface area contributed by atoms with Crippen LogP contribution in [0.25, 0.3) is 0 Å². The van der Waals surface area contributed by atoms with Crippen molar-refractivity contribution in [2.45, 2.75) is 78.6 Å². The van der Waals surface area contributed by atoms with E-state index in [2.05, 4.69) is 26.1 Å². The van der Waals surface area contributed by atoms with Crippen LogP contribution in [0.1, 0.15) is 78.6 Å².